The van der Waals surface area contributed by atoms with Gasteiger partial charge in [0.25, 0.3) is 5.91 Å². The summed E-state index contributed by atoms with van der Waals surface area (Å²) in [6.07, 6.45) is 3.91. The molecule has 5 heteroatoms. The van der Waals surface area contributed by atoms with Crippen LogP contribution in [0.2, 0.25) is 5.02 Å². The number of benzene rings is 1. The van der Waals surface area contributed by atoms with E-state index in [0.717, 1.165) is 11.0 Å². The molecular weight excluding hydrogens is 316 g/mol. The smallest absolute Gasteiger partial charge is 0.252 e. The number of nitrogens with zero attached hydrogens (tertiary/aromatic N) is 1. The van der Waals surface area contributed by atoms with Crippen LogP contribution in [0.15, 0.2) is 47.2 Å². The summed E-state index contributed by atoms with van der Waals surface area (Å²) >= 11 is 9.30. The van der Waals surface area contributed by atoms with E-state index in [9.17, 15) is 4.79 Å². The number of carbonyl (C=O) groups excluding carboxylic acids is 1. The minimum absolute atomic E-state index is 0.159. The largest absolute Gasteiger partial charge is 0.353 e. The summed E-state index contributed by atoms with van der Waals surface area (Å²) in [4.78, 5) is 11.9. The van der Waals surface area contributed by atoms with Crippen molar-refractivity contribution in [2.75, 3.05) is 6.54 Å². The van der Waals surface area contributed by atoms with Crippen molar-refractivity contribution < 1.29 is 4.79 Å². The second-order valence-corrected chi connectivity index (χ2v) is 5.12. The van der Waals surface area contributed by atoms with Gasteiger partial charge < -0.3 is 9.88 Å². The first-order valence-electron chi connectivity index (χ1n) is 5.51. The van der Waals surface area contributed by atoms with Crippen LogP contribution in [0.4, 0.5) is 0 Å². The van der Waals surface area contributed by atoms with Gasteiger partial charge in [0.05, 0.1) is 10.6 Å². The van der Waals surface area contributed by atoms with Gasteiger partial charge in [-0.15, -0.1) is 0 Å². The third kappa shape index (κ3) is 3.37. The molecule has 94 valence electrons. The summed E-state index contributed by atoms with van der Waals surface area (Å²) < 4.78 is 2.84. The summed E-state index contributed by atoms with van der Waals surface area (Å²) in [5.74, 6) is -0.159. The van der Waals surface area contributed by atoms with E-state index < -0.39 is 0 Å². The van der Waals surface area contributed by atoms with Crippen molar-refractivity contribution in [3.05, 3.63) is 57.8 Å². The quantitative estimate of drug-likeness (QED) is 0.918. The Bertz CT molecular complexity index is 540. The van der Waals surface area contributed by atoms with Gasteiger partial charge in [-0.25, -0.2) is 0 Å². The van der Waals surface area contributed by atoms with E-state index in [1.807, 2.05) is 29.1 Å². The van der Waals surface area contributed by atoms with E-state index in [4.69, 9.17) is 11.6 Å². The molecule has 0 saturated heterocycles. The summed E-state index contributed by atoms with van der Waals surface area (Å²) in [7, 11) is 0. The molecule has 3 nitrogen and oxygen atoms in total. The zero-order valence-electron chi connectivity index (χ0n) is 9.57. The summed E-state index contributed by atoms with van der Waals surface area (Å²) in [5.41, 5.74) is 0.485. The first-order valence-corrected chi connectivity index (χ1v) is 6.68. The molecular formula is C13H12BrClN2O. The van der Waals surface area contributed by atoms with Crippen molar-refractivity contribution in [2.24, 2.45) is 0 Å². The first kappa shape index (κ1) is 13.2. The molecule has 0 saturated carbocycles. The molecule has 0 fully saturated rings. The fourth-order valence-electron chi connectivity index (χ4n) is 1.58. The molecule has 1 N–H and O–H groups in total. The topological polar surface area (TPSA) is 34.0 Å². The van der Waals surface area contributed by atoms with Gasteiger partial charge in [0.2, 0.25) is 0 Å². The van der Waals surface area contributed by atoms with Crippen molar-refractivity contribution in [1.29, 1.82) is 0 Å². The maximum Gasteiger partial charge on any atom is 0.252 e. The zero-order valence-corrected chi connectivity index (χ0v) is 11.9. The van der Waals surface area contributed by atoms with Crippen molar-refractivity contribution in [3.63, 3.8) is 0 Å². The fraction of sp³-hybridized carbons (Fsp3) is 0.154. The lowest BCUT2D eigenvalue weighted by Gasteiger charge is -2.08. The Labute approximate surface area is 119 Å². The average Bonchev–Trinajstić information content (AvgIpc) is 2.85. The standard InChI is InChI=1S/C13H12BrClN2O/c14-10-3-4-12(15)11(9-10)13(18)16-5-8-17-6-1-2-7-17/h1-4,6-7,9H,5,8H2,(H,16,18). The molecule has 0 spiro atoms. The Morgan fingerprint density at radius 3 is 2.78 bits per heavy atom. The highest BCUT2D eigenvalue weighted by Crippen LogP contribution is 2.20. The molecule has 1 amide bonds. The lowest BCUT2D eigenvalue weighted by molar-refractivity contribution is 0.0952. The van der Waals surface area contributed by atoms with Crippen LogP contribution in [0.1, 0.15) is 10.4 Å². The minimum Gasteiger partial charge on any atom is -0.353 e. The van der Waals surface area contributed by atoms with Crippen LogP contribution in [-0.4, -0.2) is 17.0 Å². The Balaban J connectivity index is 1.93. The number of halogens is 2. The Kier molecular flexibility index (Phi) is 4.44. The van der Waals surface area contributed by atoms with E-state index in [0.29, 0.717) is 17.1 Å². The highest BCUT2D eigenvalue weighted by atomic mass is 79.9. The molecule has 2 rings (SSSR count). The highest BCUT2D eigenvalue weighted by Gasteiger charge is 2.09. The maximum absolute atomic E-state index is 11.9. The van der Waals surface area contributed by atoms with Gasteiger partial charge in [-0.05, 0) is 30.3 Å². The molecule has 0 atom stereocenters. The monoisotopic (exact) mass is 326 g/mol. The molecule has 0 aliphatic rings. The third-order valence-corrected chi connectivity index (χ3v) is 3.32. The van der Waals surface area contributed by atoms with Crippen LogP contribution in [0.3, 0.4) is 0 Å². The second-order valence-electron chi connectivity index (χ2n) is 3.80. The normalized spacial score (nSPS) is 10.3. The Morgan fingerprint density at radius 1 is 1.33 bits per heavy atom. The molecule has 2 aromatic rings. The van der Waals surface area contributed by atoms with Crippen molar-refractivity contribution in [2.45, 2.75) is 6.54 Å². The Hall–Kier alpha value is -1.26. The van der Waals surface area contributed by atoms with Gasteiger partial charge in [-0.3, -0.25) is 4.79 Å². The second kappa shape index (κ2) is 6.07. The Morgan fingerprint density at radius 2 is 2.06 bits per heavy atom. The van der Waals surface area contributed by atoms with Gasteiger partial charge in [0.1, 0.15) is 0 Å². The van der Waals surface area contributed by atoms with Crippen molar-refractivity contribution in [3.8, 4) is 0 Å². The van der Waals surface area contributed by atoms with Crippen molar-refractivity contribution in [1.82, 2.24) is 9.88 Å². The number of nitrogens with one attached hydrogen (secondary N) is 1. The summed E-state index contributed by atoms with van der Waals surface area (Å²) in [6, 6.07) is 9.12. The SMILES string of the molecule is O=C(NCCn1cccc1)c1cc(Br)ccc1Cl. The van der Waals surface area contributed by atoms with Gasteiger partial charge in [0, 0.05) is 30.0 Å². The van der Waals surface area contributed by atoms with E-state index >= 15 is 0 Å². The number of amides is 1. The van der Waals surface area contributed by atoms with Gasteiger partial charge in [-0.2, -0.15) is 0 Å². The first-order chi connectivity index (χ1) is 8.66. The molecule has 0 unspecified atom stereocenters. The van der Waals surface area contributed by atoms with Gasteiger partial charge >= 0.3 is 0 Å². The van der Waals surface area contributed by atoms with E-state index in [1.165, 1.54) is 0 Å². The van der Waals surface area contributed by atoms with Crippen LogP contribution in [0.5, 0.6) is 0 Å². The summed E-state index contributed by atoms with van der Waals surface area (Å²) in [6.45, 7) is 1.31. The molecule has 0 aliphatic carbocycles. The maximum atomic E-state index is 11.9. The van der Waals surface area contributed by atoms with Crippen LogP contribution < -0.4 is 5.32 Å². The van der Waals surface area contributed by atoms with Gasteiger partial charge in [-0.1, -0.05) is 27.5 Å². The van der Waals surface area contributed by atoms with Crippen LogP contribution in [-0.2, 0) is 6.54 Å². The average molecular weight is 328 g/mol. The molecule has 0 radical (unpaired) electrons. The summed E-state index contributed by atoms with van der Waals surface area (Å²) in [5, 5.41) is 3.30. The lowest BCUT2D eigenvalue weighted by atomic mass is 10.2. The molecule has 1 aromatic carbocycles. The molecule has 18 heavy (non-hydrogen) atoms. The lowest BCUT2D eigenvalue weighted by Crippen LogP contribution is -2.27. The van der Waals surface area contributed by atoms with Crippen molar-refractivity contribution >= 4 is 33.4 Å². The van der Waals surface area contributed by atoms with E-state index in [2.05, 4.69) is 21.2 Å². The van der Waals surface area contributed by atoms with E-state index in [-0.39, 0.29) is 5.91 Å². The van der Waals surface area contributed by atoms with Crippen LogP contribution in [0, 0.1) is 0 Å². The molecule has 0 bridgehead atoms. The number of hydrogen-bond donors (Lipinski definition) is 1. The molecule has 1 heterocycles. The van der Waals surface area contributed by atoms with Crippen LogP contribution >= 0.6 is 27.5 Å². The molecule has 0 aliphatic heterocycles. The highest BCUT2D eigenvalue weighted by molar-refractivity contribution is 9.10. The predicted octanol–water partition coefficient (Wildman–Crippen LogP) is 3.33. The van der Waals surface area contributed by atoms with Gasteiger partial charge in [0.15, 0.2) is 0 Å². The number of hydrogen-bond acceptors (Lipinski definition) is 1. The zero-order chi connectivity index (χ0) is 13.0. The minimum atomic E-state index is -0.159. The van der Waals surface area contributed by atoms with E-state index in [1.54, 1.807) is 18.2 Å². The number of rotatable bonds is 4. The fourth-order valence-corrected chi connectivity index (χ4v) is 2.15. The number of carbonyl (C=O) groups is 1. The molecule has 1 aromatic heterocycles. The predicted molar refractivity (Wildman–Crippen MR) is 75.9 cm³/mol. The third-order valence-electron chi connectivity index (χ3n) is 2.49. The number of aromatic nitrogens is 1. The van der Waals surface area contributed by atoms with Crippen LogP contribution in [0.25, 0.3) is 0 Å².